The van der Waals surface area contributed by atoms with Gasteiger partial charge in [-0.15, -0.1) is 0 Å². The van der Waals surface area contributed by atoms with Crippen molar-refractivity contribution in [2.75, 3.05) is 6.54 Å². The lowest BCUT2D eigenvalue weighted by Crippen LogP contribution is -2.28. The monoisotopic (exact) mass is 378 g/mol. The highest BCUT2D eigenvalue weighted by atomic mass is 32.2. The molecule has 0 saturated carbocycles. The summed E-state index contributed by atoms with van der Waals surface area (Å²) in [5.41, 5.74) is 4.45. The number of aliphatic imine (C=N–C) groups is 1. The summed E-state index contributed by atoms with van der Waals surface area (Å²) < 4.78 is 0. The molecule has 0 unspecified atom stereocenters. The lowest BCUT2D eigenvalue weighted by atomic mass is 9.87. The average molecular weight is 379 g/mol. The number of hydrogen-bond acceptors (Lipinski definition) is 3. The van der Waals surface area contributed by atoms with Crippen LogP contribution in [0.4, 0.5) is 5.69 Å². The van der Waals surface area contributed by atoms with Crippen LogP contribution in [0, 0.1) is 6.92 Å². The highest BCUT2D eigenvalue weighted by molar-refractivity contribution is 8.18. The number of carbonyl (C=O) groups excluding carboxylic acids is 1. The molecule has 27 heavy (non-hydrogen) atoms. The Morgan fingerprint density at radius 2 is 1.74 bits per heavy atom. The van der Waals surface area contributed by atoms with Crippen LogP contribution in [0.1, 0.15) is 44.4 Å². The molecule has 4 heteroatoms. The van der Waals surface area contributed by atoms with Gasteiger partial charge in [0.15, 0.2) is 5.17 Å². The molecule has 0 bridgehead atoms. The van der Waals surface area contributed by atoms with E-state index in [0.717, 1.165) is 22.0 Å². The van der Waals surface area contributed by atoms with E-state index in [1.165, 1.54) is 17.3 Å². The number of amidine groups is 1. The maximum absolute atomic E-state index is 12.8. The Kier molecular flexibility index (Phi) is 5.56. The van der Waals surface area contributed by atoms with Gasteiger partial charge in [-0.3, -0.25) is 9.69 Å². The molecule has 3 rings (SSSR count). The summed E-state index contributed by atoms with van der Waals surface area (Å²) in [6.45, 7) is 11.2. The quantitative estimate of drug-likeness (QED) is 0.621. The first-order chi connectivity index (χ1) is 12.8. The number of thioether (sulfide) groups is 1. The predicted molar refractivity (Wildman–Crippen MR) is 116 cm³/mol. The Balaban J connectivity index is 1.90. The normalized spacial score (nSPS) is 18.0. The first kappa shape index (κ1) is 19.4. The Labute approximate surface area is 166 Å². The number of hydrogen-bond donors (Lipinski definition) is 0. The minimum absolute atomic E-state index is 0.0229. The second kappa shape index (κ2) is 7.73. The molecule has 1 saturated heterocycles. The van der Waals surface area contributed by atoms with Crippen molar-refractivity contribution in [1.82, 2.24) is 4.90 Å². The van der Waals surface area contributed by atoms with Gasteiger partial charge in [0.1, 0.15) is 0 Å². The van der Waals surface area contributed by atoms with Gasteiger partial charge in [-0.2, -0.15) is 0 Å². The van der Waals surface area contributed by atoms with Gasteiger partial charge in [-0.25, -0.2) is 4.99 Å². The van der Waals surface area contributed by atoms with E-state index in [9.17, 15) is 4.79 Å². The topological polar surface area (TPSA) is 32.7 Å². The summed E-state index contributed by atoms with van der Waals surface area (Å²) >= 11 is 1.45. The minimum Gasteiger partial charge on any atom is -0.287 e. The molecule has 0 radical (unpaired) electrons. The van der Waals surface area contributed by atoms with Gasteiger partial charge in [0, 0.05) is 6.54 Å². The van der Waals surface area contributed by atoms with Crippen molar-refractivity contribution < 1.29 is 4.79 Å². The third-order valence-electron chi connectivity index (χ3n) is 4.61. The molecule has 0 aliphatic carbocycles. The van der Waals surface area contributed by atoms with E-state index in [0.29, 0.717) is 11.4 Å². The summed E-state index contributed by atoms with van der Waals surface area (Å²) in [4.78, 5) is 20.0. The van der Waals surface area contributed by atoms with Crippen molar-refractivity contribution in [2.24, 2.45) is 4.99 Å². The van der Waals surface area contributed by atoms with Crippen LogP contribution in [0.25, 0.3) is 6.08 Å². The van der Waals surface area contributed by atoms with Crippen LogP contribution in [0.5, 0.6) is 0 Å². The molecular weight excluding hydrogens is 352 g/mol. The second-order valence-electron chi connectivity index (χ2n) is 7.71. The van der Waals surface area contributed by atoms with E-state index in [2.05, 4.69) is 45.0 Å². The molecule has 1 aliphatic rings. The fourth-order valence-corrected chi connectivity index (χ4v) is 3.95. The van der Waals surface area contributed by atoms with Crippen molar-refractivity contribution in [3.05, 3.63) is 70.1 Å². The van der Waals surface area contributed by atoms with E-state index >= 15 is 0 Å². The largest absolute Gasteiger partial charge is 0.287 e. The summed E-state index contributed by atoms with van der Waals surface area (Å²) in [5.74, 6) is 0.0229. The summed E-state index contributed by atoms with van der Waals surface area (Å²) in [7, 11) is 0. The smallest absolute Gasteiger partial charge is 0.266 e. The van der Waals surface area contributed by atoms with Crippen molar-refractivity contribution >= 4 is 34.6 Å². The van der Waals surface area contributed by atoms with Crippen molar-refractivity contribution in [3.63, 3.8) is 0 Å². The Hall–Kier alpha value is -2.33. The lowest BCUT2D eigenvalue weighted by molar-refractivity contribution is -0.122. The molecule has 1 amide bonds. The Morgan fingerprint density at radius 3 is 2.33 bits per heavy atom. The number of likely N-dealkylation sites (N-methyl/N-ethyl adjacent to an activating group) is 1. The SMILES string of the molecule is CCN1C(=O)/C(=C/c2ccc(C(C)(C)C)cc2)SC1=Nc1ccccc1C. The number of aryl methyl sites for hydroxylation is 1. The maximum Gasteiger partial charge on any atom is 0.266 e. The molecule has 3 nitrogen and oxygen atoms in total. The van der Waals surface area contributed by atoms with Gasteiger partial charge in [-0.05, 0) is 59.9 Å². The zero-order valence-electron chi connectivity index (χ0n) is 16.6. The van der Waals surface area contributed by atoms with Gasteiger partial charge in [0.25, 0.3) is 5.91 Å². The molecule has 2 aromatic carbocycles. The molecular formula is C23H26N2OS. The molecule has 1 fully saturated rings. The summed E-state index contributed by atoms with van der Waals surface area (Å²) in [5, 5.41) is 0.745. The molecule has 0 spiro atoms. The van der Waals surface area contributed by atoms with Crippen LogP contribution in [-0.4, -0.2) is 22.5 Å². The number of rotatable bonds is 3. The maximum atomic E-state index is 12.8. The van der Waals surface area contributed by atoms with Gasteiger partial charge >= 0.3 is 0 Å². The summed E-state index contributed by atoms with van der Waals surface area (Å²) in [6.07, 6.45) is 1.96. The van der Waals surface area contributed by atoms with E-state index in [1.807, 2.05) is 44.2 Å². The molecule has 0 atom stereocenters. The van der Waals surface area contributed by atoms with Crippen LogP contribution in [0.3, 0.4) is 0 Å². The fraction of sp³-hybridized carbons (Fsp3) is 0.304. The first-order valence-electron chi connectivity index (χ1n) is 9.26. The third kappa shape index (κ3) is 4.33. The molecule has 0 N–H and O–H groups in total. The van der Waals surface area contributed by atoms with Crippen LogP contribution in [0.2, 0.25) is 0 Å². The molecule has 1 heterocycles. The summed E-state index contributed by atoms with van der Waals surface area (Å²) in [6, 6.07) is 16.4. The van der Waals surface area contributed by atoms with Crippen molar-refractivity contribution in [2.45, 2.75) is 40.0 Å². The molecule has 2 aromatic rings. The number of amides is 1. The molecule has 1 aliphatic heterocycles. The lowest BCUT2D eigenvalue weighted by Gasteiger charge is -2.18. The molecule has 140 valence electrons. The van der Waals surface area contributed by atoms with Crippen LogP contribution < -0.4 is 0 Å². The van der Waals surface area contributed by atoms with Crippen LogP contribution in [-0.2, 0) is 10.2 Å². The van der Waals surface area contributed by atoms with Gasteiger partial charge in [0.2, 0.25) is 0 Å². The van der Waals surface area contributed by atoms with Gasteiger partial charge in [0.05, 0.1) is 10.6 Å². The minimum atomic E-state index is 0.0229. The van der Waals surface area contributed by atoms with Crippen molar-refractivity contribution in [3.8, 4) is 0 Å². The van der Waals surface area contributed by atoms with Crippen LogP contribution >= 0.6 is 11.8 Å². The van der Waals surface area contributed by atoms with E-state index in [-0.39, 0.29) is 11.3 Å². The first-order valence-corrected chi connectivity index (χ1v) is 10.1. The third-order valence-corrected chi connectivity index (χ3v) is 5.62. The average Bonchev–Trinajstić information content (AvgIpc) is 2.91. The Bertz CT molecular complexity index is 905. The second-order valence-corrected chi connectivity index (χ2v) is 8.72. The fourth-order valence-electron chi connectivity index (χ4n) is 2.89. The van der Waals surface area contributed by atoms with E-state index in [1.54, 1.807) is 4.90 Å². The van der Waals surface area contributed by atoms with Crippen molar-refractivity contribution in [1.29, 1.82) is 0 Å². The highest BCUT2D eigenvalue weighted by Gasteiger charge is 2.32. The standard InChI is InChI=1S/C23H26N2OS/c1-6-25-21(26)20(15-17-11-13-18(14-12-17)23(3,4)5)27-22(25)24-19-10-8-7-9-16(19)2/h7-15H,6H2,1-5H3/b20-15-,24-22?. The number of nitrogens with zero attached hydrogens (tertiary/aromatic N) is 2. The number of carbonyl (C=O) groups is 1. The zero-order chi connectivity index (χ0) is 19.6. The van der Waals surface area contributed by atoms with Crippen LogP contribution in [0.15, 0.2) is 58.4 Å². The van der Waals surface area contributed by atoms with E-state index < -0.39 is 0 Å². The Morgan fingerprint density at radius 1 is 1.07 bits per heavy atom. The highest BCUT2D eigenvalue weighted by Crippen LogP contribution is 2.34. The van der Waals surface area contributed by atoms with Gasteiger partial charge < -0.3 is 0 Å². The van der Waals surface area contributed by atoms with Gasteiger partial charge in [-0.1, -0.05) is 63.2 Å². The zero-order valence-corrected chi connectivity index (χ0v) is 17.4. The molecule has 0 aromatic heterocycles. The van der Waals surface area contributed by atoms with E-state index in [4.69, 9.17) is 4.99 Å². The number of para-hydroxylation sites is 1. The number of benzene rings is 2. The predicted octanol–water partition coefficient (Wildman–Crippen LogP) is 5.92.